The molecular formula is C15H21N3O4S. The van der Waals surface area contributed by atoms with E-state index >= 15 is 0 Å². The molecule has 0 saturated heterocycles. The smallest absolute Gasteiger partial charge is 0.241 e. The third kappa shape index (κ3) is 3.65. The molecular weight excluding hydrogens is 318 g/mol. The van der Waals surface area contributed by atoms with Gasteiger partial charge in [0.2, 0.25) is 10.0 Å². The van der Waals surface area contributed by atoms with Crippen LogP contribution in [0, 0.1) is 6.92 Å². The van der Waals surface area contributed by atoms with Gasteiger partial charge in [-0.2, -0.15) is 5.10 Å². The Bertz CT molecular complexity index is 799. The number of aromatic nitrogens is 2. The number of ether oxygens (including phenoxy) is 2. The first kappa shape index (κ1) is 17.3. The van der Waals surface area contributed by atoms with Crippen LogP contribution in [-0.2, 0) is 17.1 Å². The standard InChI is InChI=1S/C15H21N3O4S/c1-10-13(9-18(3)16-10)11(2)17-23(19,20)12-6-7-14(21-4)15(8-12)22-5/h6-9,11,17H,1-5H3. The van der Waals surface area contributed by atoms with Gasteiger partial charge in [-0.1, -0.05) is 0 Å². The van der Waals surface area contributed by atoms with Crippen LogP contribution in [-0.4, -0.2) is 32.4 Å². The summed E-state index contributed by atoms with van der Waals surface area (Å²) in [7, 11) is 1.06. The average molecular weight is 339 g/mol. The zero-order chi connectivity index (χ0) is 17.2. The molecule has 0 aliphatic rings. The van der Waals surface area contributed by atoms with Crippen LogP contribution in [0.4, 0.5) is 0 Å². The first-order valence-corrected chi connectivity index (χ1v) is 8.51. The Balaban J connectivity index is 2.30. The quantitative estimate of drug-likeness (QED) is 0.867. The molecule has 1 unspecified atom stereocenters. The Hall–Kier alpha value is -2.06. The number of nitrogens with one attached hydrogen (secondary N) is 1. The fourth-order valence-electron chi connectivity index (χ4n) is 2.39. The normalized spacial score (nSPS) is 12.9. The van der Waals surface area contributed by atoms with Gasteiger partial charge in [0.05, 0.1) is 24.8 Å². The number of aryl methyl sites for hydroxylation is 2. The summed E-state index contributed by atoms with van der Waals surface area (Å²) in [6.07, 6.45) is 1.80. The molecule has 2 rings (SSSR count). The molecule has 0 saturated carbocycles. The molecule has 0 bridgehead atoms. The van der Waals surface area contributed by atoms with E-state index in [2.05, 4.69) is 9.82 Å². The summed E-state index contributed by atoms with van der Waals surface area (Å²) in [4.78, 5) is 0.114. The van der Waals surface area contributed by atoms with Gasteiger partial charge in [-0.05, 0) is 26.0 Å². The number of methoxy groups -OCH3 is 2. The zero-order valence-electron chi connectivity index (χ0n) is 13.8. The van der Waals surface area contributed by atoms with Gasteiger partial charge in [-0.3, -0.25) is 4.68 Å². The highest BCUT2D eigenvalue weighted by atomic mass is 32.2. The first-order chi connectivity index (χ1) is 10.8. The van der Waals surface area contributed by atoms with Crippen molar-refractivity contribution in [3.8, 4) is 11.5 Å². The molecule has 1 aromatic heterocycles. The van der Waals surface area contributed by atoms with Crippen LogP contribution in [0.25, 0.3) is 0 Å². The van der Waals surface area contributed by atoms with Crippen LogP contribution >= 0.6 is 0 Å². The minimum Gasteiger partial charge on any atom is -0.493 e. The Kier molecular flexibility index (Phi) is 4.96. The maximum absolute atomic E-state index is 12.6. The molecule has 0 aliphatic heterocycles. The predicted molar refractivity (Wildman–Crippen MR) is 86.2 cm³/mol. The third-order valence-corrected chi connectivity index (χ3v) is 5.05. The minimum absolute atomic E-state index is 0.114. The van der Waals surface area contributed by atoms with Crippen LogP contribution in [0.1, 0.15) is 24.2 Å². The van der Waals surface area contributed by atoms with Gasteiger partial charge in [-0.15, -0.1) is 0 Å². The van der Waals surface area contributed by atoms with Gasteiger partial charge >= 0.3 is 0 Å². The maximum Gasteiger partial charge on any atom is 0.241 e. The molecule has 0 radical (unpaired) electrons. The highest BCUT2D eigenvalue weighted by molar-refractivity contribution is 7.89. The lowest BCUT2D eigenvalue weighted by Gasteiger charge is -2.15. The number of hydrogen-bond acceptors (Lipinski definition) is 5. The van der Waals surface area contributed by atoms with Gasteiger partial charge in [0, 0.05) is 30.9 Å². The molecule has 0 aliphatic carbocycles. The topological polar surface area (TPSA) is 82.5 Å². The van der Waals surface area contributed by atoms with E-state index in [-0.39, 0.29) is 4.90 Å². The second kappa shape index (κ2) is 6.59. The van der Waals surface area contributed by atoms with E-state index in [4.69, 9.17) is 9.47 Å². The average Bonchev–Trinajstić information content (AvgIpc) is 2.84. The van der Waals surface area contributed by atoms with Crippen molar-refractivity contribution in [3.05, 3.63) is 35.7 Å². The molecule has 1 N–H and O–H groups in total. The molecule has 8 heteroatoms. The Morgan fingerprint density at radius 1 is 1.22 bits per heavy atom. The molecule has 0 amide bonds. The summed E-state index contributed by atoms with van der Waals surface area (Å²) in [5.74, 6) is 0.836. The summed E-state index contributed by atoms with van der Waals surface area (Å²) >= 11 is 0. The van der Waals surface area contributed by atoms with Crippen molar-refractivity contribution in [2.45, 2.75) is 24.8 Å². The van der Waals surface area contributed by atoms with E-state index in [9.17, 15) is 8.42 Å². The van der Waals surface area contributed by atoms with E-state index < -0.39 is 16.1 Å². The molecule has 1 aromatic carbocycles. The van der Waals surface area contributed by atoms with Gasteiger partial charge in [0.1, 0.15) is 0 Å². The Morgan fingerprint density at radius 3 is 2.39 bits per heavy atom. The van der Waals surface area contributed by atoms with Crippen LogP contribution in [0.2, 0.25) is 0 Å². The van der Waals surface area contributed by atoms with Crippen molar-refractivity contribution in [3.63, 3.8) is 0 Å². The van der Waals surface area contributed by atoms with Crippen LogP contribution in [0.3, 0.4) is 0 Å². The minimum atomic E-state index is -3.70. The number of benzene rings is 1. The van der Waals surface area contributed by atoms with Gasteiger partial charge in [0.25, 0.3) is 0 Å². The molecule has 0 fully saturated rings. The maximum atomic E-state index is 12.6. The van der Waals surface area contributed by atoms with Crippen LogP contribution in [0.15, 0.2) is 29.3 Å². The second-order valence-electron chi connectivity index (χ2n) is 5.20. The summed E-state index contributed by atoms with van der Waals surface area (Å²) in [5.41, 5.74) is 1.62. The largest absolute Gasteiger partial charge is 0.493 e. The van der Waals surface area contributed by atoms with Gasteiger partial charge < -0.3 is 9.47 Å². The van der Waals surface area contributed by atoms with Crippen molar-refractivity contribution in [1.82, 2.24) is 14.5 Å². The molecule has 1 atom stereocenters. The predicted octanol–water partition coefficient (Wildman–Crippen LogP) is 1.79. The lowest BCUT2D eigenvalue weighted by molar-refractivity contribution is 0.354. The third-order valence-electron chi connectivity index (χ3n) is 3.52. The molecule has 1 heterocycles. The lowest BCUT2D eigenvalue weighted by atomic mass is 10.1. The van der Waals surface area contributed by atoms with E-state index in [0.29, 0.717) is 11.5 Å². The molecule has 23 heavy (non-hydrogen) atoms. The fourth-order valence-corrected chi connectivity index (χ4v) is 3.63. The Labute approximate surface area is 136 Å². The zero-order valence-corrected chi connectivity index (χ0v) is 14.6. The first-order valence-electron chi connectivity index (χ1n) is 7.03. The summed E-state index contributed by atoms with van der Waals surface area (Å²) in [5, 5.41) is 4.23. The lowest BCUT2D eigenvalue weighted by Crippen LogP contribution is -2.27. The number of rotatable bonds is 6. The summed E-state index contributed by atoms with van der Waals surface area (Å²) < 4.78 is 39.7. The number of hydrogen-bond donors (Lipinski definition) is 1. The van der Waals surface area contributed by atoms with E-state index in [1.165, 1.54) is 26.4 Å². The van der Waals surface area contributed by atoms with Crippen LogP contribution < -0.4 is 14.2 Å². The number of nitrogens with zero attached hydrogens (tertiary/aromatic N) is 2. The van der Waals surface area contributed by atoms with E-state index in [1.54, 1.807) is 30.9 Å². The monoisotopic (exact) mass is 339 g/mol. The SMILES string of the molecule is COc1ccc(S(=O)(=O)NC(C)c2cn(C)nc2C)cc1OC. The number of sulfonamides is 1. The molecule has 7 nitrogen and oxygen atoms in total. The highest BCUT2D eigenvalue weighted by Crippen LogP contribution is 2.30. The van der Waals surface area contributed by atoms with Crippen molar-refractivity contribution >= 4 is 10.0 Å². The van der Waals surface area contributed by atoms with Crippen molar-refractivity contribution < 1.29 is 17.9 Å². The van der Waals surface area contributed by atoms with Crippen molar-refractivity contribution in [2.75, 3.05) is 14.2 Å². The van der Waals surface area contributed by atoms with Gasteiger partial charge in [-0.25, -0.2) is 13.1 Å². The summed E-state index contributed by atoms with van der Waals surface area (Å²) in [6, 6.07) is 4.07. The van der Waals surface area contributed by atoms with Crippen molar-refractivity contribution in [1.29, 1.82) is 0 Å². The second-order valence-corrected chi connectivity index (χ2v) is 6.92. The molecule has 126 valence electrons. The van der Waals surface area contributed by atoms with E-state index in [0.717, 1.165) is 11.3 Å². The van der Waals surface area contributed by atoms with E-state index in [1.807, 2.05) is 6.92 Å². The molecule has 2 aromatic rings. The van der Waals surface area contributed by atoms with Crippen LogP contribution in [0.5, 0.6) is 11.5 Å². The summed E-state index contributed by atoms with van der Waals surface area (Å²) in [6.45, 7) is 3.62. The Morgan fingerprint density at radius 2 is 1.87 bits per heavy atom. The molecule has 0 spiro atoms. The fraction of sp³-hybridized carbons (Fsp3) is 0.400. The van der Waals surface area contributed by atoms with Crippen molar-refractivity contribution in [2.24, 2.45) is 7.05 Å². The highest BCUT2D eigenvalue weighted by Gasteiger charge is 2.22. The van der Waals surface area contributed by atoms with Gasteiger partial charge in [0.15, 0.2) is 11.5 Å².